The van der Waals surface area contributed by atoms with Crippen LogP contribution in [0.4, 0.5) is 0 Å². The number of allylic oxidation sites excluding steroid dienone is 6. The van der Waals surface area contributed by atoms with Gasteiger partial charge in [0.05, 0.1) is 6.61 Å². The molecule has 5 heteroatoms. The highest BCUT2D eigenvalue weighted by molar-refractivity contribution is 5.70. The van der Waals surface area contributed by atoms with E-state index in [-0.39, 0.29) is 25.2 Å². The van der Waals surface area contributed by atoms with Crippen LogP contribution < -0.4 is 0 Å². The van der Waals surface area contributed by atoms with Crippen molar-refractivity contribution in [1.29, 1.82) is 0 Å². The van der Waals surface area contributed by atoms with E-state index in [0.717, 1.165) is 64.2 Å². The first-order valence-electron chi connectivity index (χ1n) is 16.5. The van der Waals surface area contributed by atoms with E-state index in [9.17, 15) is 14.7 Å². The van der Waals surface area contributed by atoms with Crippen molar-refractivity contribution < 1.29 is 24.2 Å². The highest BCUT2D eigenvalue weighted by atomic mass is 16.6. The third kappa shape index (κ3) is 29.1. The zero-order valence-electron chi connectivity index (χ0n) is 26.1. The Morgan fingerprint density at radius 2 is 1.07 bits per heavy atom. The van der Waals surface area contributed by atoms with Gasteiger partial charge >= 0.3 is 11.9 Å². The Bertz CT molecular complexity index is 652. The lowest BCUT2D eigenvalue weighted by atomic mass is 10.1. The summed E-state index contributed by atoms with van der Waals surface area (Å²) in [5.41, 5.74) is 0. The van der Waals surface area contributed by atoms with E-state index in [0.29, 0.717) is 12.8 Å². The molecule has 0 aliphatic carbocycles. The van der Waals surface area contributed by atoms with Gasteiger partial charge in [-0.25, -0.2) is 0 Å². The van der Waals surface area contributed by atoms with Gasteiger partial charge in [0, 0.05) is 12.8 Å². The Morgan fingerprint density at radius 3 is 1.62 bits per heavy atom. The van der Waals surface area contributed by atoms with Gasteiger partial charge in [-0.3, -0.25) is 9.59 Å². The molecule has 0 aliphatic rings. The zero-order chi connectivity index (χ0) is 29.4. The Hall–Kier alpha value is -1.88. The Balaban J connectivity index is 3.62. The van der Waals surface area contributed by atoms with Crippen LogP contribution in [0.15, 0.2) is 36.5 Å². The van der Waals surface area contributed by atoms with Gasteiger partial charge in [0.2, 0.25) is 0 Å². The van der Waals surface area contributed by atoms with Gasteiger partial charge in [0.1, 0.15) is 6.61 Å². The molecule has 0 saturated carbocycles. The summed E-state index contributed by atoms with van der Waals surface area (Å²) in [6.45, 7) is 3.98. The maximum absolute atomic E-state index is 12.1. The first kappa shape index (κ1) is 38.1. The molecule has 0 fully saturated rings. The van der Waals surface area contributed by atoms with Gasteiger partial charge in [-0.1, -0.05) is 134 Å². The fraction of sp³-hybridized carbons (Fsp3) is 0.771. The second kappa shape index (κ2) is 31.6. The van der Waals surface area contributed by atoms with Crippen LogP contribution in [0.2, 0.25) is 0 Å². The molecule has 0 amide bonds. The van der Waals surface area contributed by atoms with Crippen molar-refractivity contribution in [2.75, 3.05) is 13.2 Å². The van der Waals surface area contributed by atoms with Gasteiger partial charge in [-0.05, 0) is 44.9 Å². The molecule has 232 valence electrons. The number of hydrogen-bond acceptors (Lipinski definition) is 5. The number of esters is 2. The third-order valence-corrected chi connectivity index (χ3v) is 6.95. The van der Waals surface area contributed by atoms with Crippen molar-refractivity contribution in [2.45, 2.75) is 161 Å². The maximum Gasteiger partial charge on any atom is 0.306 e. The Labute approximate surface area is 246 Å². The second-order valence-corrected chi connectivity index (χ2v) is 10.9. The molecule has 0 radical (unpaired) electrons. The van der Waals surface area contributed by atoms with Crippen LogP contribution in [0.25, 0.3) is 0 Å². The molecule has 0 bridgehead atoms. The average Bonchev–Trinajstić information content (AvgIpc) is 2.96. The fourth-order valence-corrected chi connectivity index (χ4v) is 4.45. The second-order valence-electron chi connectivity index (χ2n) is 10.9. The van der Waals surface area contributed by atoms with E-state index >= 15 is 0 Å². The van der Waals surface area contributed by atoms with E-state index < -0.39 is 6.10 Å². The van der Waals surface area contributed by atoms with Gasteiger partial charge < -0.3 is 14.6 Å². The minimum Gasteiger partial charge on any atom is -0.462 e. The minimum absolute atomic E-state index is 0.0731. The smallest absolute Gasteiger partial charge is 0.306 e. The van der Waals surface area contributed by atoms with Crippen molar-refractivity contribution in [2.24, 2.45) is 0 Å². The lowest BCUT2D eigenvalue weighted by Gasteiger charge is -2.15. The molecule has 0 unspecified atom stereocenters. The van der Waals surface area contributed by atoms with Crippen LogP contribution in [-0.4, -0.2) is 36.4 Å². The van der Waals surface area contributed by atoms with Crippen molar-refractivity contribution in [3.05, 3.63) is 36.5 Å². The predicted molar refractivity (Wildman–Crippen MR) is 168 cm³/mol. The maximum atomic E-state index is 12.1. The van der Waals surface area contributed by atoms with E-state index in [4.69, 9.17) is 9.47 Å². The summed E-state index contributed by atoms with van der Waals surface area (Å²) in [6.07, 6.45) is 36.2. The number of carbonyl (C=O) groups excluding carboxylic acids is 2. The summed E-state index contributed by atoms with van der Waals surface area (Å²) >= 11 is 0. The molecule has 0 aromatic carbocycles. The molecule has 5 nitrogen and oxygen atoms in total. The molecule has 0 aromatic rings. The molecule has 0 spiro atoms. The molecule has 1 atom stereocenters. The molecule has 0 aromatic heterocycles. The standard InChI is InChI=1S/C35H62O5/c1-3-5-7-9-11-13-15-16-17-18-20-21-23-25-27-29-34(37)39-32-33(31-36)40-35(38)30-28-26-24-22-19-14-12-10-8-6-4-2/h5,7,11,13,16-17,33,36H,3-4,6,8-10,12,14-15,18-32H2,1-2H3/t33-/m0/s1. The number of hydrogen-bond donors (Lipinski definition) is 1. The molecule has 0 saturated heterocycles. The van der Waals surface area contributed by atoms with Gasteiger partial charge in [0.15, 0.2) is 6.10 Å². The first-order chi connectivity index (χ1) is 19.6. The topological polar surface area (TPSA) is 72.8 Å². The summed E-state index contributed by atoms with van der Waals surface area (Å²) in [4.78, 5) is 24.1. The number of ether oxygens (including phenoxy) is 2. The quantitative estimate of drug-likeness (QED) is 0.0558. The van der Waals surface area contributed by atoms with Gasteiger partial charge in [-0.15, -0.1) is 0 Å². The molecule has 0 rings (SSSR count). The third-order valence-electron chi connectivity index (χ3n) is 6.95. The number of aliphatic hydroxyl groups excluding tert-OH is 1. The molecule has 40 heavy (non-hydrogen) atoms. The number of aliphatic hydroxyl groups is 1. The Kier molecular flexibility index (Phi) is 30.2. The number of rotatable bonds is 29. The molecular weight excluding hydrogens is 500 g/mol. The van der Waals surface area contributed by atoms with Crippen molar-refractivity contribution in [3.8, 4) is 0 Å². The van der Waals surface area contributed by atoms with Crippen LogP contribution in [0.1, 0.15) is 155 Å². The first-order valence-corrected chi connectivity index (χ1v) is 16.5. The molecular formula is C35H62O5. The van der Waals surface area contributed by atoms with Crippen molar-refractivity contribution >= 4 is 11.9 Å². The largest absolute Gasteiger partial charge is 0.462 e. The SMILES string of the molecule is CCC=CCC=CCC=CCCCCCCCC(=O)OC[C@H](CO)OC(=O)CCCCCCCCCCCCC. The van der Waals surface area contributed by atoms with E-state index in [1.807, 2.05) is 0 Å². The van der Waals surface area contributed by atoms with E-state index in [1.165, 1.54) is 64.2 Å². The van der Waals surface area contributed by atoms with Crippen molar-refractivity contribution in [1.82, 2.24) is 0 Å². The predicted octanol–water partition coefficient (Wildman–Crippen LogP) is 9.72. The molecule has 1 N–H and O–H groups in total. The lowest BCUT2D eigenvalue weighted by molar-refractivity contribution is -0.161. The summed E-state index contributed by atoms with van der Waals surface area (Å²) in [5, 5.41) is 9.49. The molecule has 0 aliphatic heterocycles. The Morgan fingerprint density at radius 1 is 0.600 bits per heavy atom. The monoisotopic (exact) mass is 562 g/mol. The zero-order valence-corrected chi connectivity index (χ0v) is 26.1. The normalized spacial score (nSPS) is 12.6. The number of unbranched alkanes of at least 4 members (excludes halogenated alkanes) is 15. The average molecular weight is 563 g/mol. The van der Waals surface area contributed by atoms with Crippen LogP contribution in [-0.2, 0) is 19.1 Å². The van der Waals surface area contributed by atoms with E-state index in [2.05, 4.69) is 50.3 Å². The van der Waals surface area contributed by atoms with Crippen molar-refractivity contribution in [3.63, 3.8) is 0 Å². The summed E-state index contributed by atoms with van der Waals surface area (Å²) in [6, 6.07) is 0. The van der Waals surface area contributed by atoms with Gasteiger partial charge in [0.25, 0.3) is 0 Å². The fourth-order valence-electron chi connectivity index (χ4n) is 4.45. The van der Waals surface area contributed by atoms with Gasteiger partial charge in [-0.2, -0.15) is 0 Å². The van der Waals surface area contributed by atoms with Crippen LogP contribution in [0, 0.1) is 0 Å². The lowest BCUT2D eigenvalue weighted by Crippen LogP contribution is -2.28. The highest BCUT2D eigenvalue weighted by Crippen LogP contribution is 2.13. The highest BCUT2D eigenvalue weighted by Gasteiger charge is 2.16. The van der Waals surface area contributed by atoms with E-state index in [1.54, 1.807) is 0 Å². The van der Waals surface area contributed by atoms with Crippen LogP contribution in [0.3, 0.4) is 0 Å². The van der Waals surface area contributed by atoms with Crippen LogP contribution in [0.5, 0.6) is 0 Å². The summed E-state index contributed by atoms with van der Waals surface area (Å²) in [7, 11) is 0. The van der Waals surface area contributed by atoms with Crippen LogP contribution >= 0.6 is 0 Å². The summed E-state index contributed by atoms with van der Waals surface area (Å²) < 4.78 is 10.5. The number of carbonyl (C=O) groups is 2. The minimum atomic E-state index is -0.773. The molecule has 0 heterocycles. The summed E-state index contributed by atoms with van der Waals surface area (Å²) in [5.74, 6) is -0.613.